The van der Waals surface area contributed by atoms with Crippen LogP contribution < -0.4 is 19.2 Å². The molecule has 0 aliphatic carbocycles. The molecule has 0 radical (unpaired) electrons. The molecule has 0 atom stereocenters. The number of nitrogens with one attached hydrogen (secondary N) is 1. The van der Waals surface area contributed by atoms with Crippen LogP contribution in [0.25, 0.3) is 0 Å². The van der Waals surface area contributed by atoms with Gasteiger partial charge in [0.1, 0.15) is 12.3 Å². The topological polar surface area (TPSA) is 118 Å². The normalized spacial score (nSPS) is 11.2. The van der Waals surface area contributed by atoms with E-state index in [-0.39, 0.29) is 22.1 Å². The predicted molar refractivity (Wildman–Crippen MR) is 124 cm³/mol. The average Bonchev–Trinajstić information content (AvgIpc) is 2.84. The highest BCUT2D eigenvalue weighted by Crippen LogP contribution is 2.28. The summed E-state index contributed by atoms with van der Waals surface area (Å²) in [5, 5.41) is 13.9. The molecule has 0 aliphatic rings. The summed E-state index contributed by atoms with van der Waals surface area (Å²) in [5.41, 5.74) is 2.86. The van der Waals surface area contributed by atoms with Crippen LogP contribution in [0, 0.1) is 0 Å². The second kappa shape index (κ2) is 10.5. The molecule has 3 aromatic rings. The number of para-hydroxylation sites is 1. The summed E-state index contributed by atoms with van der Waals surface area (Å²) in [5.74, 6) is -0.130. The number of carbonyl (C=O) groups excluding carboxylic acids is 1. The Morgan fingerprint density at radius 3 is 2.45 bits per heavy atom. The Kier molecular flexibility index (Phi) is 7.52. The van der Waals surface area contributed by atoms with Gasteiger partial charge in [-0.3, -0.25) is 9.10 Å². The fourth-order valence-electron chi connectivity index (χ4n) is 2.95. The molecule has 0 unspecified atom stereocenters. The molecule has 0 fully saturated rings. The third-order valence-electron chi connectivity index (χ3n) is 4.60. The first-order valence-electron chi connectivity index (χ1n) is 9.76. The minimum absolute atomic E-state index is 0.0328. The number of hydrogen-bond acceptors (Lipinski definition) is 7. The molecule has 0 saturated carbocycles. The van der Waals surface area contributed by atoms with Crippen molar-refractivity contribution >= 4 is 27.8 Å². The third-order valence-corrected chi connectivity index (χ3v) is 6.39. The number of methoxy groups -OCH3 is 2. The zero-order valence-corrected chi connectivity index (χ0v) is 18.8. The maximum absolute atomic E-state index is 13.3. The van der Waals surface area contributed by atoms with Crippen molar-refractivity contribution in [3.63, 3.8) is 0 Å². The third kappa shape index (κ3) is 5.60. The highest BCUT2D eigenvalue weighted by Gasteiger charge is 2.27. The number of phenolic OH excluding ortho intramolecular Hbond substituents is 1. The summed E-state index contributed by atoms with van der Waals surface area (Å²) < 4.78 is 37.8. The van der Waals surface area contributed by atoms with Gasteiger partial charge in [0.2, 0.25) is 0 Å². The number of sulfonamides is 1. The maximum Gasteiger partial charge on any atom is 0.264 e. The largest absolute Gasteiger partial charge is 0.504 e. The van der Waals surface area contributed by atoms with Crippen LogP contribution in [0.3, 0.4) is 0 Å². The van der Waals surface area contributed by atoms with E-state index in [1.165, 1.54) is 38.6 Å². The molecule has 2 N–H and O–H groups in total. The molecule has 0 spiro atoms. The van der Waals surface area contributed by atoms with Gasteiger partial charge in [-0.25, -0.2) is 13.8 Å². The number of carbonyl (C=O) groups is 1. The summed E-state index contributed by atoms with van der Waals surface area (Å²) in [4.78, 5) is 12.6. The number of phenols is 1. The number of nitrogens with zero attached hydrogens (tertiary/aromatic N) is 2. The van der Waals surface area contributed by atoms with Gasteiger partial charge in [0.05, 0.1) is 31.0 Å². The van der Waals surface area contributed by atoms with E-state index in [1.54, 1.807) is 54.6 Å². The van der Waals surface area contributed by atoms with Gasteiger partial charge in [0, 0.05) is 11.6 Å². The molecular formula is C23H23N3O6S. The quantitative estimate of drug-likeness (QED) is 0.368. The Morgan fingerprint density at radius 1 is 1.03 bits per heavy atom. The zero-order chi connectivity index (χ0) is 23.8. The summed E-state index contributed by atoms with van der Waals surface area (Å²) in [6.07, 6.45) is 1.23. The Bertz CT molecular complexity index is 1250. The van der Waals surface area contributed by atoms with E-state index < -0.39 is 22.5 Å². The summed E-state index contributed by atoms with van der Waals surface area (Å²) in [6.45, 7) is -0.536. The van der Waals surface area contributed by atoms with E-state index in [9.17, 15) is 18.3 Å². The zero-order valence-electron chi connectivity index (χ0n) is 18.0. The summed E-state index contributed by atoms with van der Waals surface area (Å²) >= 11 is 0. The van der Waals surface area contributed by atoms with E-state index in [0.717, 1.165) is 4.31 Å². The number of benzene rings is 3. The van der Waals surface area contributed by atoms with Crippen LogP contribution in [0.15, 0.2) is 82.8 Å². The van der Waals surface area contributed by atoms with Crippen LogP contribution in [0.2, 0.25) is 0 Å². The number of hydrogen-bond donors (Lipinski definition) is 2. The van der Waals surface area contributed by atoms with Crippen LogP contribution in [-0.4, -0.2) is 46.4 Å². The van der Waals surface area contributed by atoms with Crippen molar-refractivity contribution in [1.29, 1.82) is 0 Å². The molecule has 10 heteroatoms. The van der Waals surface area contributed by atoms with Gasteiger partial charge in [-0.15, -0.1) is 0 Å². The van der Waals surface area contributed by atoms with Crippen molar-refractivity contribution in [2.45, 2.75) is 4.90 Å². The number of anilines is 1. The van der Waals surface area contributed by atoms with E-state index in [4.69, 9.17) is 9.47 Å². The SMILES string of the molecule is COc1cccc(N(CC(=O)N/N=C\c2cccc(OC)c2O)S(=O)(=O)c2ccccc2)c1. The van der Waals surface area contributed by atoms with Crippen molar-refractivity contribution < 1.29 is 27.8 Å². The second-order valence-corrected chi connectivity index (χ2v) is 8.58. The minimum Gasteiger partial charge on any atom is -0.504 e. The molecule has 0 bridgehead atoms. The first-order valence-corrected chi connectivity index (χ1v) is 11.2. The smallest absolute Gasteiger partial charge is 0.264 e. The lowest BCUT2D eigenvalue weighted by atomic mass is 10.2. The predicted octanol–water partition coefficient (Wildman–Crippen LogP) is 2.76. The second-order valence-electron chi connectivity index (χ2n) is 6.72. The van der Waals surface area contributed by atoms with Crippen molar-refractivity contribution in [1.82, 2.24) is 5.43 Å². The average molecular weight is 470 g/mol. The summed E-state index contributed by atoms with van der Waals surface area (Å²) in [7, 11) is -1.18. The number of rotatable bonds is 9. The highest BCUT2D eigenvalue weighted by atomic mass is 32.2. The van der Waals surface area contributed by atoms with Crippen LogP contribution in [0.4, 0.5) is 5.69 Å². The van der Waals surface area contributed by atoms with Crippen LogP contribution in [-0.2, 0) is 14.8 Å². The summed E-state index contributed by atoms with van der Waals surface area (Å²) in [6, 6.07) is 19.0. The van der Waals surface area contributed by atoms with E-state index >= 15 is 0 Å². The van der Waals surface area contributed by atoms with Crippen LogP contribution in [0.1, 0.15) is 5.56 Å². The number of ether oxygens (including phenoxy) is 2. The fourth-order valence-corrected chi connectivity index (χ4v) is 4.38. The number of aromatic hydroxyl groups is 1. The minimum atomic E-state index is -4.06. The van der Waals surface area contributed by atoms with E-state index in [0.29, 0.717) is 11.3 Å². The molecule has 0 aromatic heterocycles. The molecule has 33 heavy (non-hydrogen) atoms. The van der Waals surface area contributed by atoms with Crippen molar-refractivity contribution in [3.05, 3.63) is 78.4 Å². The van der Waals surface area contributed by atoms with Gasteiger partial charge in [-0.05, 0) is 36.4 Å². The Labute approximate surface area is 191 Å². The Hall–Kier alpha value is -4.05. The molecule has 3 rings (SSSR count). The first-order chi connectivity index (χ1) is 15.9. The van der Waals surface area contributed by atoms with E-state index in [1.807, 2.05) is 0 Å². The van der Waals surface area contributed by atoms with Gasteiger partial charge >= 0.3 is 0 Å². The lowest BCUT2D eigenvalue weighted by Gasteiger charge is -2.24. The molecule has 0 aliphatic heterocycles. The molecule has 172 valence electrons. The molecule has 3 aromatic carbocycles. The van der Waals surface area contributed by atoms with Gasteiger partial charge in [0.15, 0.2) is 11.5 Å². The van der Waals surface area contributed by atoms with Crippen molar-refractivity contribution in [2.24, 2.45) is 5.10 Å². The molecule has 1 amide bonds. The Morgan fingerprint density at radius 2 is 1.76 bits per heavy atom. The van der Waals surface area contributed by atoms with Crippen LogP contribution >= 0.6 is 0 Å². The standard InChI is InChI=1S/C23H23N3O6S/c1-31-19-10-7-9-18(14-19)26(33(29,30)20-11-4-3-5-12-20)16-22(27)25-24-15-17-8-6-13-21(32-2)23(17)28/h3-15,28H,16H2,1-2H3,(H,25,27)/b24-15-. The first kappa shape index (κ1) is 23.6. The molecule has 9 nitrogen and oxygen atoms in total. The van der Waals surface area contributed by atoms with Gasteiger partial charge < -0.3 is 14.6 Å². The highest BCUT2D eigenvalue weighted by molar-refractivity contribution is 7.92. The van der Waals surface area contributed by atoms with Gasteiger partial charge in [0.25, 0.3) is 15.9 Å². The lowest BCUT2D eigenvalue weighted by Crippen LogP contribution is -2.39. The molecule has 0 heterocycles. The van der Waals surface area contributed by atoms with Crippen molar-refractivity contribution in [3.8, 4) is 17.2 Å². The van der Waals surface area contributed by atoms with Gasteiger partial charge in [-0.1, -0.05) is 30.3 Å². The fraction of sp³-hybridized carbons (Fsp3) is 0.130. The van der Waals surface area contributed by atoms with Gasteiger partial charge in [-0.2, -0.15) is 5.10 Å². The number of amides is 1. The number of hydrazone groups is 1. The van der Waals surface area contributed by atoms with E-state index in [2.05, 4.69) is 10.5 Å². The molecular weight excluding hydrogens is 446 g/mol. The maximum atomic E-state index is 13.3. The van der Waals surface area contributed by atoms with Crippen LogP contribution in [0.5, 0.6) is 17.2 Å². The molecule has 0 saturated heterocycles. The lowest BCUT2D eigenvalue weighted by molar-refractivity contribution is -0.119. The monoisotopic (exact) mass is 469 g/mol. The van der Waals surface area contributed by atoms with Crippen molar-refractivity contribution in [2.75, 3.05) is 25.1 Å². The Balaban J connectivity index is 1.85.